The lowest BCUT2D eigenvalue weighted by Crippen LogP contribution is -2.08. The van der Waals surface area contributed by atoms with Crippen molar-refractivity contribution in [3.63, 3.8) is 0 Å². The number of aryl methyl sites for hydroxylation is 1. The van der Waals surface area contributed by atoms with Crippen LogP contribution in [0, 0.1) is 0 Å². The van der Waals surface area contributed by atoms with Gasteiger partial charge in [0.25, 0.3) is 0 Å². The minimum absolute atomic E-state index is 0.110. The fraction of sp³-hybridized carbons (Fsp3) is 0.222. The summed E-state index contributed by atoms with van der Waals surface area (Å²) in [5.41, 5.74) is 3.21. The molecule has 0 atom stereocenters. The first-order valence-electron chi connectivity index (χ1n) is 11.3. The van der Waals surface area contributed by atoms with Gasteiger partial charge >= 0.3 is 5.97 Å². The number of hydrogen-bond donors (Lipinski definition) is 1. The van der Waals surface area contributed by atoms with Gasteiger partial charge in [0.15, 0.2) is 0 Å². The summed E-state index contributed by atoms with van der Waals surface area (Å²) >= 11 is 0. The molecule has 0 saturated carbocycles. The monoisotopic (exact) mass is 454 g/mol. The summed E-state index contributed by atoms with van der Waals surface area (Å²) in [6.07, 6.45) is 4.40. The van der Waals surface area contributed by atoms with E-state index in [1.807, 2.05) is 47.1 Å². The molecule has 4 aromatic rings. The zero-order valence-electron chi connectivity index (χ0n) is 19.0. The number of aromatic nitrogens is 4. The molecule has 0 aliphatic heterocycles. The molecule has 2 aromatic carbocycles. The average Bonchev–Trinajstić information content (AvgIpc) is 3.26. The number of carbonyl (C=O) groups is 2. The van der Waals surface area contributed by atoms with E-state index in [2.05, 4.69) is 22.0 Å². The normalized spacial score (nSPS) is 10.9. The Morgan fingerprint density at radius 2 is 1.71 bits per heavy atom. The molecular formula is C27H26N4O3. The van der Waals surface area contributed by atoms with Gasteiger partial charge in [-0.25, -0.2) is 14.5 Å². The number of aromatic carboxylic acids is 1. The van der Waals surface area contributed by atoms with Crippen LogP contribution in [0.2, 0.25) is 0 Å². The number of hydrogen-bond acceptors (Lipinski definition) is 5. The van der Waals surface area contributed by atoms with Crippen LogP contribution in [-0.4, -0.2) is 36.6 Å². The standard InChI is InChI=1S/C27H26N4O3/c1-2-3-15-31-25(29-26(30-31)24(32)16-19-9-5-4-6-10-19)17-20-13-14-23(28-18-20)21-11-7-8-12-22(21)27(33)34/h4-14,18H,2-3,15-17H2,1H3,(H,33,34). The molecule has 7 heteroatoms. The number of carboxylic acid groups (broad SMARTS) is 1. The molecule has 0 fully saturated rings. The van der Waals surface area contributed by atoms with Crippen molar-refractivity contribution in [3.05, 3.63) is 101 Å². The maximum atomic E-state index is 12.8. The minimum Gasteiger partial charge on any atom is -0.478 e. The third-order valence-corrected chi connectivity index (χ3v) is 5.55. The van der Waals surface area contributed by atoms with Crippen LogP contribution >= 0.6 is 0 Å². The van der Waals surface area contributed by atoms with Crippen LogP contribution in [0.1, 0.15) is 57.7 Å². The Morgan fingerprint density at radius 3 is 2.41 bits per heavy atom. The molecule has 0 amide bonds. The lowest BCUT2D eigenvalue weighted by atomic mass is 10.0. The van der Waals surface area contributed by atoms with Gasteiger partial charge in [-0.15, -0.1) is 5.10 Å². The Balaban J connectivity index is 1.55. The SMILES string of the molecule is CCCCn1nc(C(=O)Cc2ccccc2)nc1Cc1ccc(-c2ccccc2C(=O)O)nc1. The molecule has 0 bridgehead atoms. The number of pyridine rings is 1. The van der Waals surface area contributed by atoms with Gasteiger partial charge in [0, 0.05) is 31.1 Å². The van der Waals surface area contributed by atoms with E-state index in [1.165, 1.54) is 0 Å². The molecule has 172 valence electrons. The second-order valence-corrected chi connectivity index (χ2v) is 8.09. The van der Waals surface area contributed by atoms with Crippen molar-refractivity contribution >= 4 is 11.8 Å². The first-order chi connectivity index (χ1) is 16.5. The van der Waals surface area contributed by atoms with Crippen LogP contribution in [0.25, 0.3) is 11.3 Å². The molecule has 2 heterocycles. The second kappa shape index (κ2) is 10.7. The van der Waals surface area contributed by atoms with Crippen LogP contribution in [-0.2, 0) is 19.4 Å². The van der Waals surface area contributed by atoms with E-state index < -0.39 is 5.97 Å². The number of carbonyl (C=O) groups excluding carboxylic acids is 1. The van der Waals surface area contributed by atoms with E-state index in [9.17, 15) is 14.7 Å². The topological polar surface area (TPSA) is 98.0 Å². The van der Waals surface area contributed by atoms with Gasteiger partial charge in [-0.1, -0.05) is 67.9 Å². The molecule has 0 aliphatic carbocycles. The van der Waals surface area contributed by atoms with Crippen LogP contribution in [0.5, 0.6) is 0 Å². The van der Waals surface area contributed by atoms with E-state index in [4.69, 9.17) is 0 Å². The van der Waals surface area contributed by atoms with Gasteiger partial charge in [0.2, 0.25) is 11.6 Å². The predicted molar refractivity (Wildman–Crippen MR) is 129 cm³/mol. The highest BCUT2D eigenvalue weighted by molar-refractivity contribution is 5.95. The fourth-order valence-electron chi connectivity index (χ4n) is 3.73. The highest BCUT2D eigenvalue weighted by Crippen LogP contribution is 2.22. The molecule has 7 nitrogen and oxygen atoms in total. The van der Waals surface area contributed by atoms with Crippen LogP contribution in [0.15, 0.2) is 72.9 Å². The lowest BCUT2D eigenvalue weighted by molar-refractivity contribution is 0.0697. The summed E-state index contributed by atoms with van der Waals surface area (Å²) < 4.78 is 1.81. The van der Waals surface area contributed by atoms with Gasteiger partial charge in [-0.3, -0.25) is 9.78 Å². The van der Waals surface area contributed by atoms with Gasteiger partial charge in [0.05, 0.1) is 11.3 Å². The summed E-state index contributed by atoms with van der Waals surface area (Å²) in [6.45, 7) is 2.80. The predicted octanol–water partition coefficient (Wildman–Crippen LogP) is 4.85. The highest BCUT2D eigenvalue weighted by Gasteiger charge is 2.18. The van der Waals surface area contributed by atoms with Crippen molar-refractivity contribution in [3.8, 4) is 11.3 Å². The number of unbranched alkanes of at least 4 members (excludes halogenated alkanes) is 1. The van der Waals surface area contributed by atoms with E-state index >= 15 is 0 Å². The summed E-state index contributed by atoms with van der Waals surface area (Å²) in [5, 5.41) is 14.0. The van der Waals surface area contributed by atoms with Gasteiger partial charge in [-0.05, 0) is 29.7 Å². The second-order valence-electron chi connectivity index (χ2n) is 8.09. The third-order valence-electron chi connectivity index (χ3n) is 5.55. The van der Waals surface area contributed by atoms with Crippen LogP contribution in [0.4, 0.5) is 0 Å². The number of Topliss-reactive ketones (excluding diaryl/α,β-unsaturated/α-hetero) is 1. The molecule has 0 saturated heterocycles. The van der Waals surface area contributed by atoms with E-state index in [0.29, 0.717) is 30.0 Å². The Kier molecular flexibility index (Phi) is 7.22. The molecular weight excluding hydrogens is 428 g/mol. The van der Waals surface area contributed by atoms with Crippen molar-refractivity contribution in [2.45, 2.75) is 39.2 Å². The first kappa shape index (κ1) is 23.0. The molecule has 0 unspecified atom stereocenters. The maximum absolute atomic E-state index is 12.8. The van der Waals surface area contributed by atoms with E-state index in [1.54, 1.807) is 30.5 Å². The zero-order valence-corrected chi connectivity index (χ0v) is 19.0. The van der Waals surface area contributed by atoms with Gasteiger partial charge in [0.1, 0.15) is 5.82 Å². The molecule has 0 aliphatic rings. The summed E-state index contributed by atoms with van der Waals surface area (Å²) in [5.74, 6) is -0.153. The average molecular weight is 455 g/mol. The van der Waals surface area contributed by atoms with E-state index in [-0.39, 0.29) is 23.6 Å². The fourth-order valence-corrected chi connectivity index (χ4v) is 3.73. The zero-order chi connectivity index (χ0) is 23.9. The molecule has 34 heavy (non-hydrogen) atoms. The van der Waals surface area contributed by atoms with Crippen LogP contribution < -0.4 is 0 Å². The number of rotatable bonds is 10. The summed E-state index contributed by atoms with van der Waals surface area (Å²) in [6, 6.07) is 20.1. The number of benzene rings is 2. The van der Waals surface area contributed by atoms with Gasteiger partial charge in [-0.2, -0.15) is 0 Å². The number of ketones is 1. The van der Waals surface area contributed by atoms with Crippen molar-refractivity contribution in [1.29, 1.82) is 0 Å². The van der Waals surface area contributed by atoms with Crippen molar-refractivity contribution in [2.24, 2.45) is 0 Å². The number of carboxylic acids is 1. The van der Waals surface area contributed by atoms with Crippen molar-refractivity contribution < 1.29 is 14.7 Å². The van der Waals surface area contributed by atoms with E-state index in [0.717, 1.165) is 24.0 Å². The molecule has 1 N–H and O–H groups in total. The quantitative estimate of drug-likeness (QED) is 0.344. The Morgan fingerprint density at radius 1 is 0.941 bits per heavy atom. The van der Waals surface area contributed by atoms with Crippen molar-refractivity contribution in [1.82, 2.24) is 19.7 Å². The Hall–Kier alpha value is -4.13. The summed E-state index contributed by atoms with van der Waals surface area (Å²) in [7, 11) is 0. The molecule has 4 rings (SSSR count). The lowest BCUT2D eigenvalue weighted by Gasteiger charge is -2.07. The maximum Gasteiger partial charge on any atom is 0.336 e. The third kappa shape index (κ3) is 5.43. The van der Waals surface area contributed by atoms with Crippen molar-refractivity contribution in [2.75, 3.05) is 0 Å². The summed E-state index contributed by atoms with van der Waals surface area (Å²) in [4.78, 5) is 33.4. The van der Waals surface area contributed by atoms with Crippen LogP contribution in [0.3, 0.4) is 0 Å². The largest absolute Gasteiger partial charge is 0.478 e. The molecule has 2 aromatic heterocycles. The minimum atomic E-state index is -0.988. The Bertz CT molecular complexity index is 1280. The highest BCUT2D eigenvalue weighted by atomic mass is 16.4. The molecule has 0 radical (unpaired) electrons. The first-order valence-corrected chi connectivity index (χ1v) is 11.3. The number of nitrogens with zero attached hydrogens (tertiary/aromatic N) is 4. The van der Waals surface area contributed by atoms with Gasteiger partial charge < -0.3 is 5.11 Å². The smallest absolute Gasteiger partial charge is 0.336 e. The molecule has 0 spiro atoms. The Labute approximate surface area is 198 Å².